The van der Waals surface area contributed by atoms with Gasteiger partial charge in [-0.15, -0.1) is 0 Å². The first-order valence-electron chi connectivity index (χ1n) is 10.2. The van der Waals surface area contributed by atoms with Crippen molar-refractivity contribution in [3.8, 4) is 5.75 Å². The minimum Gasteiger partial charge on any atom is -0.467 e. The maximum Gasteiger partial charge on any atom is 0.325 e. The molecule has 2 fully saturated rings. The molecule has 0 radical (unpaired) electrons. The molecule has 0 saturated carbocycles. The fourth-order valence-corrected chi connectivity index (χ4v) is 4.77. The van der Waals surface area contributed by atoms with Gasteiger partial charge in [0.2, 0.25) is 0 Å². The number of carbonyl (C=O) groups is 2. The zero-order chi connectivity index (χ0) is 20.2. The highest BCUT2D eigenvalue weighted by Gasteiger charge is 2.49. The third kappa shape index (κ3) is 2.94. The molecule has 2 bridgehead atoms. The van der Waals surface area contributed by atoms with Crippen molar-refractivity contribution in [2.45, 2.75) is 44.9 Å². The van der Waals surface area contributed by atoms with Gasteiger partial charge in [0.15, 0.2) is 5.72 Å². The fraction of sp³-hybridized carbons (Fsp3) is 0.391. The smallest absolute Gasteiger partial charge is 0.325 e. The van der Waals surface area contributed by atoms with Gasteiger partial charge in [0.25, 0.3) is 5.91 Å². The average molecular weight is 391 g/mol. The lowest BCUT2D eigenvalue weighted by atomic mass is 9.89. The van der Waals surface area contributed by atoms with Gasteiger partial charge in [-0.2, -0.15) is 0 Å². The summed E-state index contributed by atoms with van der Waals surface area (Å²) in [4.78, 5) is 29.4. The van der Waals surface area contributed by atoms with Gasteiger partial charge < -0.3 is 15.0 Å². The number of likely N-dealkylation sites (tertiary alicyclic amines) is 1. The number of amides is 3. The molecule has 150 valence electrons. The zero-order valence-corrected chi connectivity index (χ0v) is 16.8. The number of benzene rings is 2. The van der Waals surface area contributed by atoms with E-state index in [0.29, 0.717) is 17.7 Å². The minimum atomic E-state index is -0.815. The highest BCUT2D eigenvalue weighted by molar-refractivity contribution is 5.99. The molecule has 29 heavy (non-hydrogen) atoms. The average Bonchev–Trinajstić information content (AvgIpc) is 3.22. The highest BCUT2D eigenvalue weighted by atomic mass is 16.5. The fourth-order valence-electron chi connectivity index (χ4n) is 4.77. The van der Waals surface area contributed by atoms with E-state index in [1.165, 1.54) is 0 Å². The van der Waals surface area contributed by atoms with Crippen molar-refractivity contribution in [1.82, 2.24) is 10.2 Å². The number of hydrogen-bond acceptors (Lipinski definition) is 3. The Hall–Kier alpha value is -3.02. The van der Waals surface area contributed by atoms with E-state index < -0.39 is 5.72 Å². The number of hydrogen-bond donors (Lipinski definition) is 1. The lowest BCUT2D eigenvalue weighted by Gasteiger charge is -2.50. The van der Waals surface area contributed by atoms with Crippen LogP contribution in [-0.2, 0) is 0 Å². The summed E-state index contributed by atoms with van der Waals surface area (Å²) in [6, 6.07) is 13.1. The largest absolute Gasteiger partial charge is 0.467 e. The van der Waals surface area contributed by atoms with Gasteiger partial charge in [0.05, 0.1) is 11.7 Å². The quantitative estimate of drug-likeness (QED) is 0.842. The van der Waals surface area contributed by atoms with E-state index in [1.807, 2.05) is 49.1 Å². The Balaban J connectivity index is 1.50. The van der Waals surface area contributed by atoms with Crippen LogP contribution in [0.15, 0.2) is 42.5 Å². The van der Waals surface area contributed by atoms with Crippen molar-refractivity contribution in [1.29, 1.82) is 0 Å². The monoisotopic (exact) mass is 391 g/mol. The molecule has 3 amide bonds. The summed E-state index contributed by atoms with van der Waals surface area (Å²) >= 11 is 0. The van der Waals surface area contributed by atoms with Crippen molar-refractivity contribution < 1.29 is 14.3 Å². The number of anilines is 1. The van der Waals surface area contributed by atoms with Crippen molar-refractivity contribution in [3.05, 3.63) is 59.2 Å². The molecule has 1 N–H and O–H groups in total. The number of nitrogens with one attached hydrogen (secondary N) is 1. The number of urea groups is 1. The maximum atomic E-state index is 13.1. The molecule has 0 aromatic heterocycles. The SMILES string of the molecule is Cc1ccc2c(c1)C1CC(C)(O2)N(c2cccc(C(=O)N3CCCC3)c2)C(=O)N1. The maximum absolute atomic E-state index is 13.1. The number of nitrogens with zero attached hydrogens (tertiary/aromatic N) is 2. The van der Waals surface area contributed by atoms with E-state index >= 15 is 0 Å². The molecule has 3 aliphatic rings. The lowest BCUT2D eigenvalue weighted by molar-refractivity contribution is 0.0378. The Morgan fingerprint density at radius 1 is 1.17 bits per heavy atom. The van der Waals surface area contributed by atoms with E-state index in [4.69, 9.17) is 4.74 Å². The van der Waals surface area contributed by atoms with Gasteiger partial charge in [-0.1, -0.05) is 23.8 Å². The van der Waals surface area contributed by atoms with Crippen LogP contribution in [0.25, 0.3) is 0 Å². The molecular formula is C23H25N3O3. The van der Waals surface area contributed by atoms with Crippen LogP contribution in [0.3, 0.4) is 0 Å². The van der Waals surface area contributed by atoms with Crippen LogP contribution in [0, 0.1) is 6.92 Å². The third-order valence-electron chi connectivity index (χ3n) is 6.17. The van der Waals surface area contributed by atoms with E-state index in [1.54, 1.807) is 11.0 Å². The number of rotatable bonds is 2. The predicted molar refractivity (Wildman–Crippen MR) is 110 cm³/mol. The molecule has 2 saturated heterocycles. The third-order valence-corrected chi connectivity index (χ3v) is 6.17. The van der Waals surface area contributed by atoms with Crippen LogP contribution in [0.1, 0.15) is 53.7 Å². The molecule has 2 aromatic rings. The second kappa shape index (κ2) is 6.51. The Kier molecular flexibility index (Phi) is 4.05. The van der Waals surface area contributed by atoms with Gasteiger partial charge in [-0.05, 0) is 51.0 Å². The van der Waals surface area contributed by atoms with Crippen LogP contribution >= 0.6 is 0 Å². The summed E-state index contributed by atoms with van der Waals surface area (Å²) in [6.45, 7) is 5.57. The first-order chi connectivity index (χ1) is 13.9. The van der Waals surface area contributed by atoms with E-state index in [-0.39, 0.29) is 18.0 Å². The van der Waals surface area contributed by atoms with Gasteiger partial charge in [0, 0.05) is 30.6 Å². The summed E-state index contributed by atoms with van der Waals surface area (Å²) in [5.74, 6) is 0.818. The topological polar surface area (TPSA) is 61.9 Å². The van der Waals surface area contributed by atoms with Gasteiger partial charge >= 0.3 is 6.03 Å². The normalized spacial score (nSPS) is 25.3. The molecule has 2 aromatic carbocycles. The number of fused-ring (bicyclic) bond motifs is 4. The molecule has 3 heterocycles. The summed E-state index contributed by atoms with van der Waals surface area (Å²) in [5.41, 5.74) is 2.62. The summed E-state index contributed by atoms with van der Waals surface area (Å²) in [5, 5.41) is 3.12. The molecule has 6 heteroatoms. The Morgan fingerprint density at radius 3 is 2.76 bits per heavy atom. The van der Waals surface area contributed by atoms with Crippen molar-refractivity contribution >= 4 is 17.6 Å². The van der Waals surface area contributed by atoms with Crippen LogP contribution in [-0.4, -0.2) is 35.7 Å². The van der Waals surface area contributed by atoms with Gasteiger partial charge in [-0.25, -0.2) is 4.79 Å². The zero-order valence-electron chi connectivity index (χ0n) is 16.8. The van der Waals surface area contributed by atoms with Crippen LogP contribution in [0.5, 0.6) is 5.75 Å². The summed E-state index contributed by atoms with van der Waals surface area (Å²) in [6.07, 6.45) is 2.73. The molecule has 6 nitrogen and oxygen atoms in total. The van der Waals surface area contributed by atoms with Crippen molar-refractivity contribution in [3.63, 3.8) is 0 Å². The Morgan fingerprint density at radius 2 is 1.97 bits per heavy atom. The van der Waals surface area contributed by atoms with E-state index in [9.17, 15) is 9.59 Å². The second-order valence-corrected chi connectivity index (χ2v) is 8.41. The standard InChI is InChI=1S/C23H25N3O3/c1-15-8-9-20-18(12-15)19-14-23(2,29-20)26(22(28)24-19)17-7-5-6-16(13-17)21(27)25-10-3-4-11-25/h5-9,12-13,19H,3-4,10-11,14H2,1-2H3,(H,24,28). The summed E-state index contributed by atoms with van der Waals surface area (Å²) < 4.78 is 6.35. The van der Waals surface area contributed by atoms with Crippen LogP contribution in [0.4, 0.5) is 10.5 Å². The van der Waals surface area contributed by atoms with Crippen LogP contribution in [0.2, 0.25) is 0 Å². The number of carbonyl (C=O) groups excluding carboxylic acids is 2. The molecule has 2 unspecified atom stereocenters. The predicted octanol–water partition coefficient (Wildman–Crippen LogP) is 4.00. The van der Waals surface area contributed by atoms with Crippen molar-refractivity contribution in [2.75, 3.05) is 18.0 Å². The van der Waals surface area contributed by atoms with Crippen molar-refractivity contribution in [2.24, 2.45) is 0 Å². The second-order valence-electron chi connectivity index (χ2n) is 8.41. The van der Waals surface area contributed by atoms with E-state index in [0.717, 1.165) is 42.8 Å². The molecule has 5 rings (SSSR count). The molecule has 0 spiro atoms. The first kappa shape index (κ1) is 18.0. The van der Waals surface area contributed by atoms with Gasteiger partial charge in [0.1, 0.15) is 5.75 Å². The minimum absolute atomic E-state index is 0.0233. The number of aryl methyl sites for hydroxylation is 1. The molecule has 3 aliphatic heterocycles. The van der Waals surface area contributed by atoms with Gasteiger partial charge in [-0.3, -0.25) is 9.69 Å². The van der Waals surface area contributed by atoms with E-state index in [2.05, 4.69) is 11.4 Å². The van der Waals surface area contributed by atoms with Crippen LogP contribution < -0.4 is 15.0 Å². The lowest BCUT2D eigenvalue weighted by Crippen LogP contribution is -2.65. The highest BCUT2D eigenvalue weighted by Crippen LogP contribution is 2.45. The molecule has 2 atom stereocenters. The Bertz CT molecular complexity index is 999. The molecular weight excluding hydrogens is 366 g/mol. The first-order valence-corrected chi connectivity index (χ1v) is 10.2. The molecule has 0 aliphatic carbocycles. The Labute approximate surface area is 170 Å². The number of ether oxygens (including phenoxy) is 1. The summed E-state index contributed by atoms with van der Waals surface area (Å²) in [7, 11) is 0.